The summed E-state index contributed by atoms with van der Waals surface area (Å²) in [6.45, 7) is 20.5. The van der Waals surface area contributed by atoms with Crippen LogP contribution >= 0.6 is 0 Å². The number of allylic oxidation sites excluding steroid dienone is 6. The van der Waals surface area contributed by atoms with E-state index in [0.29, 0.717) is 11.8 Å². The van der Waals surface area contributed by atoms with Crippen molar-refractivity contribution in [2.24, 2.45) is 5.92 Å². The molecule has 1 aliphatic carbocycles. The smallest absolute Gasteiger partial charge is 0.0196 e. The molecule has 0 bridgehead atoms. The maximum absolute atomic E-state index is 4.26. The van der Waals surface area contributed by atoms with Gasteiger partial charge in [0.05, 0.1) is 0 Å². The minimum atomic E-state index is 0.535. The van der Waals surface area contributed by atoms with Crippen LogP contribution in [0.15, 0.2) is 72.6 Å². The fraction of sp³-hybridized carbons (Fsp3) is 0.484. The summed E-state index contributed by atoms with van der Waals surface area (Å²) in [7, 11) is 0. The Balaban J connectivity index is 1.37. The van der Waals surface area contributed by atoms with Gasteiger partial charge in [-0.1, -0.05) is 66.8 Å². The van der Waals surface area contributed by atoms with E-state index in [1.807, 2.05) is 0 Å². The van der Waals surface area contributed by atoms with Crippen LogP contribution in [0.5, 0.6) is 0 Å². The Hall–Kier alpha value is -2.32. The van der Waals surface area contributed by atoms with Crippen molar-refractivity contribution in [1.29, 1.82) is 0 Å². The highest BCUT2D eigenvalue weighted by atomic mass is 15.1. The molecule has 0 saturated carbocycles. The summed E-state index contributed by atoms with van der Waals surface area (Å²) in [5.74, 6) is 1.21. The van der Waals surface area contributed by atoms with Crippen LogP contribution in [0.1, 0.15) is 81.4 Å². The number of piperidine rings is 2. The van der Waals surface area contributed by atoms with Gasteiger partial charge in [-0.15, -0.1) is 0 Å². The van der Waals surface area contributed by atoms with Crippen molar-refractivity contribution in [3.8, 4) is 0 Å². The average Bonchev–Trinajstić information content (AvgIpc) is 2.80. The van der Waals surface area contributed by atoms with Gasteiger partial charge in [0.15, 0.2) is 0 Å². The normalized spacial score (nSPS) is 22.5. The van der Waals surface area contributed by atoms with Gasteiger partial charge in [0.25, 0.3) is 0 Å². The molecule has 2 saturated heterocycles. The van der Waals surface area contributed by atoms with Gasteiger partial charge in [0.2, 0.25) is 0 Å². The molecule has 2 heterocycles. The lowest BCUT2D eigenvalue weighted by molar-refractivity contribution is 0.226. The zero-order chi connectivity index (χ0) is 23.4. The zero-order valence-corrected chi connectivity index (χ0v) is 20.9. The Bertz CT molecular complexity index is 969. The van der Waals surface area contributed by atoms with Gasteiger partial charge in [-0.2, -0.15) is 0 Å². The topological polar surface area (TPSA) is 15.3 Å². The second-order valence-electron chi connectivity index (χ2n) is 10.6. The fourth-order valence-corrected chi connectivity index (χ4v) is 5.68. The van der Waals surface area contributed by atoms with Crippen molar-refractivity contribution in [3.05, 3.63) is 89.3 Å². The van der Waals surface area contributed by atoms with Gasteiger partial charge >= 0.3 is 0 Å². The number of nitrogens with one attached hydrogen (secondary N) is 1. The van der Waals surface area contributed by atoms with Gasteiger partial charge in [0, 0.05) is 17.9 Å². The van der Waals surface area contributed by atoms with E-state index in [1.165, 1.54) is 66.6 Å². The molecule has 1 aromatic rings. The molecule has 2 heteroatoms. The molecule has 0 amide bonds. The second kappa shape index (κ2) is 10.7. The summed E-state index contributed by atoms with van der Waals surface area (Å²) in [6, 6.07) is 7.20. The summed E-state index contributed by atoms with van der Waals surface area (Å²) >= 11 is 0. The van der Waals surface area contributed by atoms with Crippen LogP contribution < -0.4 is 5.32 Å². The summed E-state index contributed by atoms with van der Waals surface area (Å²) < 4.78 is 0. The predicted octanol–water partition coefficient (Wildman–Crippen LogP) is 7.53. The molecular formula is C31H42N2. The first-order valence-corrected chi connectivity index (χ1v) is 12.9. The van der Waals surface area contributed by atoms with Crippen molar-refractivity contribution in [1.82, 2.24) is 10.2 Å². The van der Waals surface area contributed by atoms with Gasteiger partial charge in [0.1, 0.15) is 0 Å². The van der Waals surface area contributed by atoms with Gasteiger partial charge in [-0.25, -0.2) is 0 Å². The van der Waals surface area contributed by atoms with Crippen LogP contribution in [-0.4, -0.2) is 24.5 Å². The number of benzene rings is 1. The highest BCUT2D eigenvalue weighted by molar-refractivity contribution is 5.65. The molecule has 3 aliphatic rings. The molecule has 2 nitrogen and oxygen atoms in total. The lowest BCUT2D eigenvalue weighted by Crippen LogP contribution is -2.34. The molecule has 1 unspecified atom stereocenters. The largest absolute Gasteiger partial charge is 0.363 e. The monoisotopic (exact) mass is 442 g/mol. The molecule has 4 rings (SSSR count). The quantitative estimate of drug-likeness (QED) is 0.469. The molecule has 0 spiro atoms. The fourth-order valence-electron chi connectivity index (χ4n) is 5.68. The van der Waals surface area contributed by atoms with Gasteiger partial charge in [-0.3, -0.25) is 4.90 Å². The van der Waals surface area contributed by atoms with Crippen molar-refractivity contribution in [3.63, 3.8) is 0 Å². The Morgan fingerprint density at radius 1 is 1.06 bits per heavy atom. The minimum absolute atomic E-state index is 0.535. The predicted molar refractivity (Wildman–Crippen MR) is 143 cm³/mol. The molecule has 1 atom stereocenters. The maximum atomic E-state index is 4.26. The second-order valence-corrected chi connectivity index (χ2v) is 10.6. The lowest BCUT2D eigenvalue weighted by Gasteiger charge is -2.33. The number of hydrogen-bond donors (Lipinski definition) is 1. The number of rotatable bonds is 7. The molecule has 1 N–H and O–H groups in total. The minimum Gasteiger partial charge on any atom is -0.363 e. The molecule has 1 aromatic carbocycles. The van der Waals surface area contributed by atoms with Crippen LogP contribution in [0, 0.1) is 5.92 Å². The number of nitrogens with zero attached hydrogens (tertiary/aromatic N) is 1. The highest BCUT2D eigenvalue weighted by Crippen LogP contribution is 2.33. The molecular weight excluding hydrogens is 400 g/mol. The molecule has 2 aliphatic heterocycles. The summed E-state index contributed by atoms with van der Waals surface area (Å²) in [4.78, 5) is 2.66. The Morgan fingerprint density at radius 3 is 2.52 bits per heavy atom. The van der Waals surface area contributed by atoms with E-state index in [2.05, 4.69) is 74.2 Å². The van der Waals surface area contributed by atoms with E-state index in [1.54, 1.807) is 5.57 Å². The highest BCUT2D eigenvalue weighted by Gasteiger charge is 2.23. The van der Waals surface area contributed by atoms with Crippen molar-refractivity contribution in [2.75, 3.05) is 19.6 Å². The van der Waals surface area contributed by atoms with Crippen LogP contribution in [0.4, 0.5) is 0 Å². The molecule has 0 aromatic heterocycles. The van der Waals surface area contributed by atoms with Crippen LogP contribution in [0.25, 0.3) is 5.57 Å². The van der Waals surface area contributed by atoms with E-state index >= 15 is 0 Å². The van der Waals surface area contributed by atoms with E-state index in [4.69, 9.17) is 0 Å². The SMILES string of the molecule is C=C1CCC(CCc2cc(C3CCN(CC4=CC=C(C)CC4)CC3)ccc2C(=C)C)C(=C)N1. The Morgan fingerprint density at radius 2 is 1.85 bits per heavy atom. The summed E-state index contributed by atoms with van der Waals surface area (Å²) in [5, 5.41) is 3.38. The van der Waals surface area contributed by atoms with E-state index in [0.717, 1.165) is 43.6 Å². The van der Waals surface area contributed by atoms with Crippen molar-refractivity contribution in [2.45, 2.75) is 71.1 Å². The Kier molecular flexibility index (Phi) is 7.75. The van der Waals surface area contributed by atoms with Crippen LogP contribution in [0.2, 0.25) is 0 Å². The first-order valence-electron chi connectivity index (χ1n) is 12.9. The van der Waals surface area contributed by atoms with Crippen LogP contribution in [-0.2, 0) is 6.42 Å². The molecule has 0 radical (unpaired) electrons. The Labute approximate surface area is 201 Å². The third kappa shape index (κ3) is 6.18. The molecule has 2 fully saturated rings. The summed E-state index contributed by atoms with van der Waals surface area (Å²) in [6.07, 6.45) is 14.1. The zero-order valence-electron chi connectivity index (χ0n) is 20.9. The molecule has 33 heavy (non-hydrogen) atoms. The van der Waals surface area contributed by atoms with E-state index in [-0.39, 0.29) is 0 Å². The summed E-state index contributed by atoms with van der Waals surface area (Å²) in [5.41, 5.74) is 10.9. The van der Waals surface area contributed by atoms with Crippen molar-refractivity contribution >= 4 is 5.57 Å². The standard InChI is InChI=1S/C31H42N2/c1-22(2)31-15-14-29(20-30(31)13-12-27-11-8-24(4)32-25(27)5)28-16-18-33(19-17-28)21-26-9-6-23(3)7-10-26/h6,9,14-15,20,27-28,32H,1,4-5,7-8,10-13,16-19,21H2,2-3H3. The number of aryl methyl sites for hydroxylation is 1. The maximum Gasteiger partial charge on any atom is 0.0196 e. The first-order chi connectivity index (χ1) is 15.9. The number of hydrogen-bond acceptors (Lipinski definition) is 2. The van der Waals surface area contributed by atoms with E-state index < -0.39 is 0 Å². The van der Waals surface area contributed by atoms with E-state index in [9.17, 15) is 0 Å². The molecule has 176 valence electrons. The third-order valence-corrected chi connectivity index (χ3v) is 7.91. The van der Waals surface area contributed by atoms with Gasteiger partial charge < -0.3 is 5.32 Å². The third-order valence-electron chi connectivity index (χ3n) is 7.91. The lowest BCUT2D eigenvalue weighted by atomic mass is 9.84. The number of likely N-dealkylation sites (tertiary alicyclic amines) is 1. The first kappa shape index (κ1) is 23.8. The van der Waals surface area contributed by atoms with Gasteiger partial charge in [-0.05, 0) is 107 Å². The van der Waals surface area contributed by atoms with Crippen LogP contribution in [0.3, 0.4) is 0 Å². The van der Waals surface area contributed by atoms with Crippen molar-refractivity contribution < 1.29 is 0 Å². The average molecular weight is 443 g/mol.